The standard InChI is InChI=1S/C21H15ClN6S/c1-13-7-8-14(2)18(11-13)28-20(16-5-3-4-6-17(16)22)26-27-21(28)29-19-10-9-15(12-23)24-25-19/h3-11H,1-2H3. The van der Waals surface area contributed by atoms with Crippen LogP contribution in [0.15, 0.2) is 64.8 Å². The van der Waals surface area contributed by atoms with Crippen molar-refractivity contribution in [3.8, 4) is 23.1 Å². The Morgan fingerprint density at radius 3 is 2.52 bits per heavy atom. The Kier molecular flexibility index (Phi) is 5.30. The highest BCUT2D eigenvalue weighted by molar-refractivity contribution is 7.99. The summed E-state index contributed by atoms with van der Waals surface area (Å²) < 4.78 is 1.98. The van der Waals surface area contributed by atoms with Crippen LogP contribution in [-0.4, -0.2) is 25.0 Å². The number of benzene rings is 2. The lowest BCUT2D eigenvalue weighted by Crippen LogP contribution is -2.03. The van der Waals surface area contributed by atoms with Gasteiger partial charge in [0.25, 0.3) is 0 Å². The minimum absolute atomic E-state index is 0.266. The van der Waals surface area contributed by atoms with Gasteiger partial charge in [0.05, 0.1) is 10.7 Å². The summed E-state index contributed by atoms with van der Waals surface area (Å²) in [6.45, 7) is 4.09. The number of aromatic nitrogens is 5. The summed E-state index contributed by atoms with van der Waals surface area (Å²) in [5.41, 5.74) is 4.23. The van der Waals surface area contributed by atoms with Crippen LogP contribution in [0.3, 0.4) is 0 Å². The Balaban J connectivity index is 1.89. The van der Waals surface area contributed by atoms with Crippen molar-refractivity contribution in [3.63, 3.8) is 0 Å². The van der Waals surface area contributed by atoms with Crippen molar-refractivity contribution < 1.29 is 0 Å². The van der Waals surface area contributed by atoms with Crippen molar-refractivity contribution in [2.75, 3.05) is 0 Å². The van der Waals surface area contributed by atoms with Gasteiger partial charge in [-0.05, 0) is 67.1 Å². The van der Waals surface area contributed by atoms with E-state index in [-0.39, 0.29) is 5.69 Å². The fourth-order valence-electron chi connectivity index (χ4n) is 2.86. The molecule has 2 aromatic heterocycles. The Bertz CT molecular complexity index is 1230. The highest BCUT2D eigenvalue weighted by Gasteiger charge is 2.20. The zero-order chi connectivity index (χ0) is 20.4. The van der Waals surface area contributed by atoms with E-state index in [9.17, 15) is 0 Å². The number of rotatable bonds is 4. The van der Waals surface area contributed by atoms with Crippen LogP contribution in [0, 0.1) is 25.2 Å². The maximum absolute atomic E-state index is 8.92. The molecule has 0 saturated carbocycles. The molecular formula is C21H15ClN6S. The first-order valence-corrected chi connectivity index (χ1v) is 9.96. The van der Waals surface area contributed by atoms with Crippen molar-refractivity contribution in [1.29, 1.82) is 5.26 Å². The van der Waals surface area contributed by atoms with Gasteiger partial charge in [0.15, 0.2) is 11.5 Å². The highest BCUT2D eigenvalue weighted by Crippen LogP contribution is 2.35. The Morgan fingerprint density at radius 2 is 1.79 bits per heavy atom. The van der Waals surface area contributed by atoms with Gasteiger partial charge in [-0.1, -0.05) is 35.9 Å². The predicted octanol–water partition coefficient (Wildman–Crippen LogP) is 5.02. The molecular weight excluding hydrogens is 404 g/mol. The number of nitriles is 1. The van der Waals surface area contributed by atoms with Gasteiger partial charge in [-0.3, -0.25) is 4.57 Å². The molecule has 0 radical (unpaired) electrons. The van der Waals surface area contributed by atoms with E-state index in [0.29, 0.717) is 21.0 Å². The third-order valence-corrected chi connectivity index (χ3v) is 5.51. The molecule has 0 saturated heterocycles. The first-order chi connectivity index (χ1) is 14.1. The van der Waals surface area contributed by atoms with Crippen LogP contribution < -0.4 is 0 Å². The number of hydrogen-bond acceptors (Lipinski definition) is 6. The average molecular weight is 419 g/mol. The van der Waals surface area contributed by atoms with Crippen LogP contribution in [0.25, 0.3) is 17.1 Å². The number of aryl methyl sites for hydroxylation is 2. The minimum Gasteiger partial charge on any atom is -0.269 e. The van der Waals surface area contributed by atoms with E-state index < -0.39 is 0 Å². The normalized spacial score (nSPS) is 10.7. The second kappa shape index (κ2) is 8.03. The van der Waals surface area contributed by atoms with Gasteiger partial charge in [0, 0.05) is 5.56 Å². The van der Waals surface area contributed by atoms with Crippen LogP contribution in [0.1, 0.15) is 16.8 Å². The molecule has 2 aromatic carbocycles. The van der Waals surface area contributed by atoms with Crippen molar-refractivity contribution in [2.24, 2.45) is 0 Å². The molecule has 0 bridgehead atoms. The summed E-state index contributed by atoms with van der Waals surface area (Å²) in [7, 11) is 0. The summed E-state index contributed by atoms with van der Waals surface area (Å²) in [6.07, 6.45) is 0. The van der Waals surface area contributed by atoms with Crippen molar-refractivity contribution in [1.82, 2.24) is 25.0 Å². The maximum atomic E-state index is 8.92. The minimum atomic E-state index is 0.266. The molecule has 0 unspecified atom stereocenters. The van der Waals surface area contributed by atoms with Crippen LogP contribution in [-0.2, 0) is 0 Å². The molecule has 0 spiro atoms. The Labute approximate surface area is 177 Å². The molecule has 0 aliphatic heterocycles. The number of nitrogens with zero attached hydrogens (tertiary/aromatic N) is 6. The fourth-order valence-corrected chi connectivity index (χ4v) is 3.84. The molecule has 4 rings (SSSR count). The van der Waals surface area contributed by atoms with Crippen LogP contribution in [0.5, 0.6) is 0 Å². The largest absolute Gasteiger partial charge is 0.269 e. The van der Waals surface area contributed by atoms with Crippen molar-refractivity contribution in [2.45, 2.75) is 24.0 Å². The van der Waals surface area contributed by atoms with Crippen LogP contribution in [0.2, 0.25) is 5.02 Å². The van der Waals surface area contributed by atoms with Crippen molar-refractivity contribution >= 4 is 23.4 Å². The zero-order valence-electron chi connectivity index (χ0n) is 15.7. The maximum Gasteiger partial charge on any atom is 0.202 e. The number of hydrogen-bond donors (Lipinski definition) is 0. The second-order valence-electron chi connectivity index (χ2n) is 6.38. The van der Waals surface area contributed by atoms with Gasteiger partial charge in [-0.15, -0.1) is 20.4 Å². The fraction of sp³-hybridized carbons (Fsp3) is 0.0952. The van der Waals surface area contributed by atoms with E-state index in [1.165, 1.54) is 11.8 Å². The first-order valence-electron chi connectivity index (χ1n) is 8.76. The summed E-state index contributed by atoms with van der Waals surface area (Å²) in [4.78, 5) is 0. The summed E-state index contributed by atoms with van der Waals surface area (Å²) in [5.74, 6) is 0.647. The lowest BCUT2D eigenvalue weighted by Gasteiger charge is -2.14. The summed E-state index contributed by atoms with van der Waals surface area (Å²) in [5, 5.41) is 27.6. The Morgan fingerprint density at radius 1 is 0.966 bits per heavy atom. The molecule has 0 atom stereocenters. The molecule has 0 aliphatic rings. The van der Waals surface area contributed by atoms with E-state index in [0.717, 1.165) is 22.4 Å². The molecule has 0 aliphatic carbocycles. The second-order valence-corrected chi connectivity index (χ2v) is 7.78. The van der Waals surface area contributed by atoms with E-state index in [1.807, 2.05) is 48.7 Å². The van der Waals surface area contributed by atoms with Gasteiger partial charge in [-0.25, -0.2) is 0 Å². The van der Waals surface area contributed by atoms with E-state index >= 15 is 0 Å². The van der Waals surface area contributed by atoms with Gasteiger partial charge in [-0.2, -0.15) is 5.26 Å². The molecule has 4 aromatic rings. The smallest absolute Gasteiger partial charge is 0.202 e. The van der Waals surface area contributed by atoms with Crippen LogP contribution >= 0.6 is 23.4 Å². The van der Waals surface area contributed by atoms with E-state index in [2.05, 4.69) is 38.6 Å². The third kappa shape index (κ3) is 3.86. The zero-order valence-corrected chi connectivity index (χ0v) is 17.2. The van der Waals surface area contributed by atoms with Crippen molar-refractivity contribution in [3.05, 3.63) is 76.4 Å². The number of halogens is 1. The summed E-state index contributed by atoms with van der Waals surface area (Å²) in [6, 6.07) is 19.1. The quantitative estimate of drug-likeness (QED) is 0.463. The SMILES string of the molecule is Cc1ccc(C)c(-n2c(Sc3ccc(C#N)nn3)nnc2-c2ccccc2Cl)c1. The van der Waals surface area contributed by atoms with Gasteiger partial charge < -0.3 is 0 Å². The predicted molar refractivity (Wildman–Crippen MR) is 112 cm³/mol. The molecule has 29 heavy (non-hydrogen) atoms. The lowest BCUT2D eigenvalue weighted by atomic mass is 10.1. The molecule has 2 heterocycles. The third-order valence-electron chi connectivity index (χ3n) is 4.30. The van der Waals surface area contributed by atoms with E-state index in [4.69, 9.17) is 16.9 Å². The highest BCUT2D eigenvalue weighted by atomic mass is 35.5. The van der Waals surface area contributed by atoms with Crippen LogP contribution in [0.4, 0.5) is 0 Å². The van der Waals surface area contributed by atoms with Gasteiger partial charge >= 0.3 is 0 Å². The average Bonchev–Trinajstić information content (AvgIpc) is 3.13. The molecule has 0 amide bonds. The van der Waals surface area contributed by atoms with E-state index in [1.54, 1.807) is 12.1 Å². The lowest BCUT2D eigenvalue weighted by molar-refractivity contribution is 0.864. The summed E-state index contributed by atoms with van der Waals surface area (Å²) >= 11 is 7.78. The molecule has 6 nitrogen and oxygen atoms in total. The molecule has 8 heteroatoms. The topological polar surface area (TPSA) is 80.3 Å². The Hall–Kier alpha value is -3.21. The monoisotopic (exact) mass is 418 g/mol. The van der Waals surface area contributed by atoms with Gasteiger partial charge in [0.1, 0.15) is 11.1 Å². The first kappa shape index (κ1) is 19.1. The van der Waals surface area contributed by atoms with Gasteiger partial charge in [0.2, 0.25) is 5.16 Å². The molecule has 142 valence electrons. The molecule has 0 fully saturated rings. The molecule has 0 N–H and O–H groups in total.